The number of fused-ring (bicyclic) bond motifs is 1. The molecule has 0 fully saturated rings. The van der Waals surface area contributed by atoms with Gasteiger partial charge in [-0.2, -0.15) is 13.2 Å². The molecule has 0 saturated heterocycles. The van der Waals surface area contributed by atoms with Crippen LogP contribution in [-0.4, -0.2) is 50.5 Å². The van der Waals surface area contributed by atoms with Crippen LogP contribution in [0, 0.1) is 0 Å². The summed E-state index contributed by atoms with van der Waals surface area (Å²) in [5.41, 5.74) is 9.67. The number of H-pyrrole nitrogens is 1. The second-order valence-corrected chi connectivity index (χ2v) is 11.0. The zero-order valence-corrected chi connectivity index (χ0v) is 22.0. The van der Waals surface area contributed by atoms with Crippen LogP contribution in [0.2, 0.25) is 0 Å². The van der Waals surface area contributed by atoms with Gasteiger partial charge in [-0.1, -0.05) is 42.1 Å². The van der Waals surface area contributed by atoms with Crippen LogP contribution >= 0.6 is 11.8 Å². The molecule has 3 aliphatic rings. The third-order valence-corrected chi connectivity index (χ3v) is 8.54. The first-order valence-corrected chi connectivity index (χ1v) is 14.0. The lowest BCUT2D eigenvalue weighted by Crippen LogP contribution is -2.52. The topological polar surface area (TPSA) is 93.8 Å². The van der Waals surface area contributed by atoms with Crippen LogP contribution < -0.4 is 10.6 Å². The largest absolute Gasteiger partial charge is 0.416 e. The number of rotatable bonds is 4. The van der Waals surface area contributed by atoms with Crippen LogP contribution in [-0.2, 0) is 11.9 Å². The highest BCUT2D eigenvalue weighted by Gasteiger charge is 2.38. The van der Waals surface area contributed by atoms with Crippen molar-refractivity contribution in [2.45, 2.75) is 49.9 Å². The quantitative estimate of drug-likeness (QED) is 0.285. The summed E-state index contributed by atoms with van der Waals surface area (Å²) in [6.45, 7) is 0.964. The van der Waals surface area contributed by atoms with E-state index in [9.17, 15) is 18.3 Å². The number of amidine groups is 1. The number of anilines is 2. The van der Waals surface area contributed by atoms with Gasteiger partial charge in [0.2, 0.25) is 5.95 Å². The Morgan fingerprint density at radius 2 is 2.00 bits per heavy atom. The molecule has 4 N–H and O–H groups in total. The normalized spacial score (nSPS) is 21.9. The van der Waals surface area contributed by atoms with Gasteiger partial charge >= 0.3 is 6.18 Å². The molecule has 7 nitrogen and oxygen atoms in total. The zero-order valence-electron chi connectivity index (χ0n) is 21.2. The molecule has 2 atom stereocenters. The number of imidazole rings is 1. The summed E-state index contributed by atoms with van der Waals surface area (Å²) in [5.74, 6) is 1.13. The molecule has 6 rings (SSSR count). The number of hydrogen-bond acceptors (Lipinski definition) is 7. The molecule has 11 heteroatoms. The molecular formula is C28H29F3N6OS. The van der Waals surface area contributed by atoms with Gasteiger partial charge in [-0.3, -0.25) is 0 Å². The van der Waals surface area contributed by atoms with Gasteiger partial charge in [0.1, 0.15) is 0 Å². The number of aromatic amines is 1. The minimum Gasteiger partial charge on any atom is -0.398 e. The number of aliphatic imine (C=N–C) groups is 1. The first-order valence-electron chi connectivity index (χ1n) is 13.0. The molecule has 2 aliphatic heterocycles. The molecule has 0 amide bonds. The summed E-state index contributed by atoms with van der Waals surface area (Å²) in [7, 11) is 0. The summed E-state index contributed by atoms with van der Waals surface area (Å²) in [6.07, 6.45) is 2.31. The number of hydrogen-bond donors (Lipinski definition) is 3. The lowest BCUT2D eigenvalue weighted by Gasteiger charge is -2.44. The number of aromatic nitrogens is 2. The van der Waals surface area contributed by atoms with Crippen molar-refractivity contribution in [3.05, 3.63) is 77.0 Å². The van der Waals surface area contributed by atoms with Crippen molar-refractivity contribution in [2.75, 3.05) is 23.7 Å². The van der Waals surface area contributed by atoms with Crippen molar-refractivity contribution in [2.24, 2.45) is 4.99 Å². The Labute approximate surface area is 228 Å². The maximum Gasteiger partial charge on any atom is 0.416 e. The smallest absolute Gasteiger partial charge is 0.398 e. The fourth-order valence-corrected chi connectivity index (χ4v) is 6.51. The van der Waals surface area contributed by atoms with Crippen molar-refractivity contribution in [1.29, 1.82) is 0 Å². The summed E-state index contributed by atoms with van der Waals surface area (Å²) in [4.78, 5) is 16.6. The predicted molar refractivity (Wildman–Crippen MR) is 149 cm³/mol. The minimum absolute atomic E-state index is 0.112. The van der Waals surface area contributed by atoms with Gasteiger partial charge in [0.25, 0.3) is 0 Å². The van der Waals surface area contributed by atoms with Crippen molar-refractivity contribution >= 4 is 39.6 Å². The van der Waals surface area contributed by atoms with Crippen LogP contribution in [0.25, 0.3) is 11.0 Å². The molecule has 0 saturated carbocycles. The Morgan fingerprint density at radius 3 is 2.77 bits per heavy atom. The number of nitrogens with one attached hydrogen (secondary N) is 1. The van der Waals surface area contributed by atoms with Crippen LogP contribution in [0.5, 0.6) is 0 Å². The highest BCUT2D eigenvalue weighted by atomic mass is 32.2. The summed E-state index contributed by atoms with van der Waals surface area (Å²) in [5, 5.41) is 12.5. The average Bonchev–Trinajstić information content (AvgIpc) is 3.36. The molecule has 1 aliphatic carbocycles. The fraction of sp³-hybridized carbons (Fsp3) is 0.357. The van der Waals surface area contributed by atoms with Gasteiger partial charge < -0.3 is 25.6 Å². The van der Waals surface area contributed by atoms with Crippen LogP contribution in [0.3, 0.4) is 0 Å². The lowest BCUT2D eigenvalue weighted by atomic mass is 9.97. The number of para-hydroxylation sites is 1. The minimum atomic E-state index is -4.42. The predicted octanol–water partition coefficient (Wildman–Crippen LogP) is 5.66. The Balaban J connectivity index is 1.28. The third-order valence-electron chi connectivity index (χ3n) is 7.52. The fourth-order valence-electron chi connectivity index (χ4n) is 5.39. The molecule has 3 aromatic rings. The van der Waals surface area contributed by atoms with Gasteiger partial charge in [-0.25, -0.2) is 9.98 Å². The standard InChI is InChI=1S/C28H29F3N6OS/c29-28(30,31)18-10-11-23-24(14-18)34-26(33-23)36-13-12-22-20(15-36)25(38)37(19-7-2-1-3-8-19)27(35-22)39-16-17-6-4-5-9-21(17)32/h1-2,4-6,9-11,14,19,25,38H,3,7-8,12-13,15-16,32H2,(H,33,34). The van der Waals surface area contributed by atoms with Gasteiger partial charge in [0, 0.05) is 42.6 Å². The van der Waals surface area contributed by atoms with E-state index < -0.39 is 18.0 Å². The molecule has 2 unspecified atom stereocenters. The maximum atomic E-state index is 13.2. The van der Waals surface area contributed by atoms with Crippen LogP contribution in [0.15, 0.2) is 70.9 Å². The Kier molecular flexibility index (Phi) is 6.80. The molecule has 2 aromatic carbocycles. The van der Waals surface area contributed by atoms with Crippen molar-refractivity contribution in [1.82, 2.24) is 14.9 Å². The van der Waals surface area contributed by atoms with Gasteiger partial charge in [0.05, 0.1) is 22.3 Å². The molecular weight excluding hydrogens is 525 g/mol. The van der Waals surface area contributed by atoms with E-state index in [0.717, 1.165) is 59.1 Å². The van der Waals surface area contributed by atoms with Gasteiger partial charge in [-0.15, -0.1) is 0 Å². The van der Waals surface area contributed by atoms with Gasteiger partial charge in [-0.05, 0) is 49.1 Å². The van der Waals surface area contributed by atoms with E-state index in [-0.39, 0.29) is 6.04 Å². The number of nitrogens with two attached hydrogens (primary N) is 1. The molecule has 39 heavy (non-hydrogen) atoms. The molecule has 0 spiro atoms. The summed E-state index contributed by atoms with van der Waals surface area (Å²) in [6, 6.07) is 11.4. The molecule has 1 aromatic heterocycles. The molecule has 0 radical (unpaired) electrons. The van der Waals surface area contributed by atoms with Crippen molar-refractivity contribution in [3.8, 4) is 0 Å². The monoisotopic (exact) mass is 554 g/mol. The van der Waals surface area contributed by atoms with E-state index in [1.807, 2.05) is 34.1 Å². The molecule has 204 valence electrons. The SMILES string of the molecule is Nc1ccccc1CSC1=NC2=C(CN(c3nc4ccc(C(F)(F)F)cc4[nH]3)CC2)C(O)N1C1CC=CCC1. The number of nitrogen functional groups attached to an aromatic ring is 1. The number of allylic oxidation sites excluding steroid dienone is 1. The third kappa shape index (κ3) is 5.12. The Bertz CT molecular complexity index is 1480. The molecule has 0 bridgehead atoms. The number of alkyl halides is 3. The van der Waals surface area contributed by atoms with Crippen molar-refractivity contribution in [3.63, 3.8) is 0 Å². The average molecular weight is 555 g/mol. The number of nitrogens with zero attached hydrogens (tertiary/aromatic N) is 4. The highest BCUT2D eigenvalue weighted by molar-refractivity contribution is 8.13. The summed E-state index contributed by atoms with van der Waals surface area (Å²) < 4.78 is 39.6. The second-order valence-electron chi connectivity index (χ2n) is 10.0. The zero-order chi connectivity index (χ0) is 27.1. The highest BCUT2D eigenvalue weighted by Crippen LogP contribution is 2.37. The number of thioether (sulfide) groups is 1. The molecule has 3 heterocycles. The lowest BCUT2D eigenvalue weighted by molar-refractivity contribution is -0.137. The number of aliphatic hydroxyl groups excluding tert-OH is 1. The van der Waals surface area contributed by atoms with E-state index >= 15 is 0 Å². The van der Waals surface area contributed by atoms with Gasteiger partial charge in [0.15, 0.2) is 11.4 Å². The van der Waals surface area contributed by atoms with E-state index in [2.05, 4.69) is 22.1 Å². The maximum absolute atomic E-state index is 13.2. The van der Waals surface area contributed by atoms with E-state index in [1.54, 1.807) is 11.8 Å². The van der Waals surface area contributed by atoms with E-state index in [4.69, 9.17) is 10.7 Å². The van der Waals surface area contributed by atoms with Crippen LogP contribution in [0.1, 0.15) is 36.8 Å². The number of benzene rings is 2. The first kappa shape index (κ1) is 25.8. The first-order chi connectivity index (χ1) is 18.8. The summed E-state index contributed by atoms with van der Waals surface area (Å²) >= 11 is 1.58. The van der Waals surface area contributed by atoms with E-state index in [1.165, 1.54) is 6.07 Å². The number of halogens is 3. The Morgan fingerprint density at radius 1 is 1.15 bits per heavy atom. The van der Waals surface area contributed by atoms with Crippen molar-refractivity contribution < 1.29 is 18.3 Å². The van der Waals surface area contributed by atoms with Crippen LogP contribution in [0.4, 0.5) is 24.8 Å². The number of aliphatic hydroxyl groups is 1. The second kappa shape index (κ2) is 10.3. The van der Waals surface area contributed by atoms with E-state index in [0.29, 0.717) is 42.2 Å². The Hall–Kier alpha value is -3.44.